The minimum atomic E-state index is -0.583. The summed E-state index contributed by atoms with van der Waals surface area (Å²) >= 11 is 0. The number of fused-ring (bicyclic) bond motifs is 1. The van der Waals surface area contributed by atoms with E-state index in [4.69, 9.17) is 9.47 Å². The van der Waals surface area contributed by atoms with Crippen molar-refractivity contribution in [2.75, 3.05) is 7.11 Å². The topological polar surface area (TPSA) is 79.1 Å². The normalized spacial score (nSPS) is 10.8. The van der Waals surface area contributed by atoms with Crippen LogP contribution < -0.4 is 4.74 Å². The molecule has 7 heteroatoms. The minimum absolute atomic E-state index is 0.00382. The van der Waals surface area contributed by atoms with Crippen LogP contribution in [0.1, 0.15) is 21.9 Å². The van der Waals surface area contributed by atoms with Gasteiger partial charge in [0.25, 0.3) is 0 Å². The SMILES string of the molecule is COc1cn(-c2ccccc2)nc1C(=O)OCc1nc2ccccc2nc1C. The molecule has 0 spiro atoms. The van der Waals surface area contributed by atoms with Crippen molar-refractivity contribution < 1.29 is 14.3 Å². The van der Waals surface area contributed by atoms with Gasteiger partial charge in [0.15, 0.2) is 5.75 Å². The summed E-state index contributed by atoms with van der Waals surface area (Å²) in [4.78, 5) is 21.6. The van der Waals surface area contributed by atoms with E-state index in [0.717, 1.165) is 16.7 Å². The van der Waals surface area contributed by atoms with E-state index in [1.165, 1.54) is 7.11 Å². The second kappa shape index (κ2) is 7.48. The molecule has 0 saturated carbocycles. The molecule has 0 N–H and O–H groups in total. The molecule has 0 aliphatic heterocycles. The number of hydrogen-bond donors (Lipinski definition) is 0. The maximum absolute atomic E-state index is 12.6. The molecular formula is C21H18N4O3. The van der Waals surface area contributed by atoms with Gasteiger partial charge in [0.1, 0.15) is 6.61 Å². The zero-order chi connectivity index (χ0) is 19.5. The lowest BCUT2D eigenvalue weighted by Gasteiger charge is -2.07. The van der Waals surface area contributed by atoms with E-state index in [0.29, 0.717) is 17.1 Å². The summed E-state index contributed by atoms with van der Waals surface area (Å²) in [6, 6.07) is 17.0. The summed E-state index contributed by atoms with van der Waals surface area (Å²) in [5.41, 5.74) is 3.80. The third-order valence-corrected chi connectivity index (χ3v) is 4.30. The van der Waals surface area contributed by atoms with Crippen LogP contribution in [0, 0.1) is 6.92 Å². The highest BCUT2D eigenvalue weighted by Gasteiger charge is 2.20. The van der Waals surface area contributed by atoms with E-state index in [9.17, 15) is 4.79 Å². The van der Waals surface area contributed by atoms with Gasteiger partial charge >= 0.3 is 5.97 Å². The molecule has 0 unspecified atom stereocenters. The largest absolute Gasteiger partial charge is 0.493 e. The Bertz CT molecular complexity index is 1140. The first-order valence-electron chi connectivity index (χ1n) is 8.74. The van der Waals surface area contributed by atoms with Crippen molar-refractivity contribution >= 4 is 17.0 Å². The van der Waals surface area contributed by atoms with Gasteiger partial charge in [-0.2, -0.15) is 5.10 Å². The fourth-order valence-corrected chi connectivity index (χ4v) is 2.83. The number of methoxy groups -OCH3 is 1. The lowest BCUT2D eigenvalue weighted by atomic mass is 10.2. The Kier molecular flexibility index (Phi) is 4.72. The molecule has 2 aromatic carbocycles. The highest BCUT2D eigenvalue weighted by molar-refractivity contribution is 5.90. The van der Waals surface area contributed by atoms with Crippen molar-refractivity contribution in [1.82, 2.24) is 19.7 Å². The molecule has 0 aliphatic carbocycles. The Hall–Kier alpha value is -3.74. The van der Waals surface area contributed by atoms with Gasteiger partial charge in [-0.15, -0.1) is 0 Å². The van der Waals surface area contributed by atoms with E-state index in [1.54, 1.807) is 10.9 Å². The molecule has 4 rings (SSSR count). The van der Waals surface area contributed by atoms with E-state index >= 15 is 0 Å². The third kappa shape index (κ3) is 3.42. The molecule has 2 heterocycles. The lowest BCUT2D eigenvalue weighted by molar-refractivity contribution is 0.0456. The van der Waals surface area contributed by atoms with Gasteiger partial charge in [0.2, 0.25) is 5.69 Å². The number of para-hydroxylation sites is 3. The molecular weight excluding hydrogens is 356 g/mol. The Labute approximate surface area is 161 Å². The highest BCUT2D eigenvalue weighted by atomic mass is 16.5. The van der Waals surface area contributed by atoms with E-state index in [-0.39, 0.29) is 12.3 Å². The fourth-order valence-electron chi connectivity index (χ4n) is 2.83. The van der Waals surface area contributed by atoms with Crippen LogP contribution in [-0.2, 0) is 11.3 Å². The summed E-state index contributed by atoms with van der Waals surface area (Å²) in [6.45, 7) is 1.84. The van der Waals surface area contributed by atoms with Gasteiger partial charge in [-0.05, 0) is 31.2 Å². The summed E-state index contributed by atoms with van der Waals surface area (Å²) in [6.07, 6.45) is 1.65. The van der Waals surface area contributed by atoms with E-state index in [2.05, 4.69) is 15.1 Å². The van der Waals surface area contributed by atoms with Gasteiger partial charge < -0.3 is 9.47 Å². The zero-order valence-corrected chi connectivity index (χ0v) is 15.5. The van der Waals surface area contributed by atoms with Crippen LogP contribution in [0.25, 0.3) is 16.7 Å². The Morgan fingerprint density at radius 3 is 2.39 bits per heavy atom. The molecule has 0 radical (unpaired) electrons. The average molecular weight is 374 g/mol. The quantitative estimate of drug-likeness (QED) is 0.498. The van der Waals surface area contributed by atoms with Crippen molar-refractivity contribution in [1.29, 1.82) is 0 Å². The second-order valence-corrected chi connectivity index (χ2v) is 6.15. The van der Waals surface area contributed by atoms with Crippen LogP contribution in [0.4, 0.5) is 0 Å². The number of rotatable bonds is 5. The van der Waals surface area contributed by atoms with Crippen LogP contribution in [-0.4, -0.2) is 32.8 Å². The Balaban J connectivity index is 1.56. The van der Waals surface area contributed by atoms with Crippen molar-refractivity contribution in [2.24, 2.45) is 0 Å². The first kappa shape index (κ1) is 17.7. The maximum Gasteiger partial charge on any atom is 0.363 e. The van der Waals surface area contributed by atoms with Crippen LogP contribution in [0.15, 0.2) is 60.8 Å². The minimum Gasteiger partial charge on any atom is -0.493 e. The molecule has 0 amide bonds. The molecule has 7 nitrogen and oxygen atoms in total. The predicted octanol–water partition coefficient (Wildman–Crippen LogP) is 3.49. The number of ether oxygens (including phenoxy) is 2. The summed E-state index contributed by atoms with van der Waals surface area (Å²) < 4.78 is 12.3. The first-order chi connectivity index (χ1) is 13.7. The number of nitrogens with zero attached hydrogens (tertiary/aromatic N) is 4. The third-order valence-electron chi connectivity index (χ3n) is 4.30. The number of aryl methyl sites for hydroxylation is 1. The van der Waals surface area contributed by atoms with Gasteiger partial charge in [0.05, 0.1) is 41.4 Å². The average Bonchev–Trinajstić information content (AvgIpc) is 3.17. The van der Waals surface area contributed by atoms with Crippen LogP contribution >= 0.6 is 0 Å². The van der Waals surface area contributed by atoms with Crippen molar-refractivity contribution in [2.45, 2.75) is 13.5 Å². The Morgan fingerprint density at radius 2 is 1.68 bits per heavy atom. The van der Waals surface area contributed by atoms with Gasteiger partial charge in [0, 0.05) is 0 Å². The maximum atomic E-state index is 12.6. The number of carbonyl (C=O) groups is 1. The highest BCUT2D eigenvalue weighted by Crippen LogP contribution is 2.21. The predicted molar refractivity (Wildman–Crippen MR) is 104 cm³/mol. The van der Waals surface area contributed by atoms with Gasteiger partial charge in [-0.3, -0.25) is 0 Å². The molecule has 0 fully saturated rings. The second-order valence-electron chi connectivity index (χ2n) is 6.15. The Morgan fingerprint density at radius 1 is 1.00 bits per heavy atom. The van der Waals surface area contributed by atoms with Gasteiger partial charge in [-0.25, -0.2) is 19.4 Å². The molecule has 0 atom stereocenters. The summed E-state index contributed by atoms with van der Waals surface area (Å²) in [7, 11) is 1.49. The molecule has 0 saturated heterocycles. The molecule has 2 aromatic heterocycles. The molecule has 140 valence electrons. The van der Waals surface area contributed by atoms with Crippen molar-refractivity contribution in [3.63, 3.8) is 0 Å². The van der Waals surface area contributed by atoms with Crippen molar-refractivity contribution in [3.05, 3.63) is 77.9 Å². The first-order valence-corrected chi connectivity index (χ1v) is 8.74. The monoisotopic (exact) mass is 374 g/mol. The van der Waals surface area contributed by atoms with Crippen molar-refractivity contribution in [3.8, 4) is 11.4 Å². The lowest BCUT2D eigenvalue weighted by Crippen LogP contribution is -2.10. The molecule has 0 bridgehead atoms. The van der Waals surface area contributed by atoms with Crippen LogP contribution in [0.2, 0.25) is 0 Å². The molecule has 28 heavy (non-hydrogen) atoms. The zero-order valence-electron chi connectivity index (χ0n) is 15.5. The number of carbonyl (C=O) groups excluding carboxylic acids is 1. The number of aromatic nitrogens is 4. The van der Waals surface area contributed by atoms with Gasteiger partial charge in [-0.1, -0.05) is 30.3 Å². The van der Waals surface area contributed by atoms with Crippen LogP contribution in [0.3, 0.4) is 0 Å². The van der Waals surface area contributed by atoms with Crippen LogP contribution in [0.5, 0.6) is 5.75 Å². The summed E-state index contributed by atoms with van der Waals surface area (Å²) in [5, 5.41) is 4.32. The van der Waals surface area contributed by atoms with E-state index < -0.39 is 5.97 Å². The standard InChI is InChI=1S/C21H18N4O3/c1-14-18(23-17-11-7-6-10-16(17)22-14)13-28-21(26)20-19(27-2)12-25(24-20)15-8-4-3-5-9-15/h3-12H,13H2,1-2H3. The molecule has 0 aliphatic rings. The number of hydrogen-bond acceptors (Lipinski definition) is 6. The number of esters is 1. The summed E-state index contributed by atoms with van der Waals surface area (Å²) in [5.74, 6) is -0.240. The molecule has 4 aromatic rings. The smallest absolute Gasteiger partial charge is 0.363 e. The fraction of sp³-hybridized carbons (Fsp3) is 0.143. The van der Waals surface area contributed by atoms with E-state index in [1.807, 2.05) is 61.5 Å². The number of benzene rings is 2.